The van der Waals surface area contributed by atoms with E-state index in [0.717, 1.165) is 37.6 Å². The molecule has 18 heavy (non-hydrogen) atoms. The number of ether oxygens (including phenoxy) is 1. The fourth-order valence-electron chi connectivity index (χ4n) is 1.73. The van der Waals surface area contributed by atoms with Gasteiger partial charge in [-0.05, 0) is 18.9 Å². The summed E-state index contributed by atoms with van der Waals surface area (Å²) in [6.07, 6.45) is 2.95. The van der Waals surface area contributed by atoms with Crippen LogP contribution in [0.15, 0.2) is 6.20 Å². The molecule has 4 heteroatoms. The maximum atomic E-state index is 5.48. The molecule has 1 aromatic rings. The van der Waals surface area contributed by atoms with Crippen molar-refractivity contribution in [3.05, 3.63) is 23.3 Å². The number of rotatable bonds is 8. The minimum Gasteiger partial charge on any atom is -0.373 e. The summed E-state index contributed by atoms with van der Waals surface area (Å²) in [5.41, 5.74) is 2.31. The predicted octanol–water partition coefficient (Wildman–Crippen LogP) is 2.64. The van der Waals surface area contributed by atoms with Crippen LogP contribution in [0.2, 0.25) is 0 Å². The Hall–Kier alpha value is -1.00. The van der Waals surface area contributed by atoms with Gasteiger partial charge in [-0.25, -0.2) is 9.97 Å². The standard InChI is InChI=1S/C14H25N3O/c1-5-7-18-10-13-16-9-12(8-15-6-2)14(17-13)11(3)4/h9,11,15H,5-8,10H2,1-4H3. The molecule has 1 rings (SSSR count). The maximum Gasteiger partial charge on any atom is 0.154 e. The van der Waals surface area contributed by atoms with Gasteiger partial charge in [0.1, 0.15) is 6.61 Å². The summed E-state index contributed by atoms with van der Waals surface area (Å²) in [6.45, 7) is 11.6. The fraction of sp³-hybridized carbons (Fsp3) is 0.714. The zero-order valence-electron chi connectivity index (χ0n) is 12.0. The fourth-order valence-corrected chi connectivity index (χ4v) is 1.73. The average Bonchev–Trinajstić information content (AvgIpc) is 2.37. The molecule has 0 aliphatic heterocycles. The van der Waals surface area contributed by atoms with Gasteiger partial charge in [-0.15, -0.1) is 0 Å². The van der Waals surface area contributed by atoms with Gasteiger partial charge in [0, 0.05) is 24.9 Å². The lowest BCUT2D eigenvalue weighted by Gasteiger charge is -2.13. The van der Waals surface area contributed by atoms with Crippen LogP contribution in [0, 0.1) is 0 Å². The van der Waals surface area contributed by atoms with Gasteiger partial charge in [0.05, 0.1) is 5.69 Å². The Morgan fingerprint density at radius 3 is 2.72 bits per heavy atom. The third-order valence-electron chi connectivity index (χ3n) is 2.64. The van der Waals surface area contributed by atoms with Gasteiger partial charge in [-0.1, -0.05) is 27.7 Å². The SMILES string of the molecule is CCCOCc1ncc(CNCC)c(C(C)C)n1. The van der Waals surface area contributed by atoms with Crippen LogP contribution in [0.5, 0.6) is 0 Å². The van der Waals surface area contributed by atoms with E-state index in [1.54, 1.807) is 0 Å². The Labute approximate surface area is 110 Å². The van der Waals surface area contributed by atoms with Crippen molar-refractivity contribution in [2.45, 2.75) is 53.2 Å². The third-order valence-corrected chi connectivity index (χ3v) is 2.64. The molecule has 0 saturated heterocycles. The first-order chi connectivity index (χ1) is 8.69. The monoisotopic (exact) mass is 251 g/mol. The first-order valence-corrected chi connectivity index (χ1v) is 6.82. The molecule has 0 aliphatic rings. The third kappa shape index (κ3) is 4.70. The van der Waals surface area contributed by atoms with E-state index in [2.05, 4.69) is 43.0 Å². The summed E-state index contributed by atoms with van der Waals surface area (Å²) < 4.78 is 5.48. The van der Waals surface area contributed by atoms with Crippen LogP contribution in [0.3, 0.4) is 0 Å². The molecule has 0 unspecified atom stereocenters. The van der Waals surface area contributed by atoms with Crippen LogP contribution in [-0.4, -0.2) is 23.1 Å². The zero-order chi connectivity index (χ0) is 13.4. The molecular weight excluding hydrogens is 226 g/mol. The molecule has 0 atom stereocenters. The molecule has 0 amide bonds. The van der Waals surface area contributed by atoms with Crippen molar-refractivity contribution in [2.24, 2.45) is 0 Å². The van der Waals surface area contributed by atoms with Gasteiger partial charge in [-0.2, -0.15) is 0 Å². The summed E-state index contributed by atoms with van der Waals surface area (Å²) in [4.78, 5) is 8.99. The molecule has 4 nitrogen and oxygen atoms in total. The number of nitrogens with zero attached hydrogens (tertiary/aromatic N) is 2. The smallest absolute Gasteiger partial charge is 0.154 e. The highest BCUT2D eigenvalue weighted by Gasteiger charge is 2.10. The largest absolute Gasteiger partial charge is 0.373 e. The van der Waals surface area contributed by atoms with Gasteiger partial charge in [0.2, 0.25) is 0 Å². The first kappa shape index (κ1) is 15.1. The molecule has 0 spiro atoms. The van der Waals surface area contributed by atoms with Crippen molar-refractivity contribution in [3.63, 3.8) is 0 Å². The summed E-state index contributed by atoms with van der Waals surface area (Å²) in [5, 5.41) is 3.32. The number of aromatic nitrogens is 2. The number of hydrogen-bond donors (Lipinski definition) is 1. The van der Waals surface area contributed by atoms with E-state index in [9.17, 15) is 0 Å². The maximum absolute atomic E-state index is 5.48. The van der Waals surface area contributed by atoms with Gasteiger partial charge < -0.3 is 10.1 Å². The molecule has 1 aromatic heterocycles. The molecule has 0 fully saturated rings. The minimum absolute atomic E-state index is 0.409. The Kier molecular flexibility index (Phi) is 6.83. The van der Waals surface area contributed by atoms with Crippen molar-refractivity contribution in [1.29, 1.82) is 0 Å². The topological polar surface area (TPSA) is 47.0 Å². The van der Waals surface area contributed by atoms with Crippen LogP contribution in [-0.2, 0) is 17.9 Å². The molecule has 1 N–H and O–H groups in total. The second-order valence-electron chi connectivity index (χ2n) is 4.68. The normalized spacial score (nSPS) is 11.2. The summed E-state index contributed by atoms with van der Waals surface area (Å²) in [5.74, 6) is 1.19. The van der Waals surface area contributed by atoms with Crippen molar-refractivity contribution in [2.75, 3.05) is 13.2 Å². The lowest BCUT2D eigenvalue weighted by atomic mass is 10.1. The van der Waals surface area contributed by atoms with Crippen LogP contribution in [0.4, 0.5) is 0 Å². The molecule has 0 saturated carbocycles. The van der Waals surface area contributed by atoms with E-state index in [4.69, 9.17) is 4.74 Å². The number of hydrogen-bond acceptors (Lipinski definition) is 4. The summed E-state index contributed by atoms with van der Waals surface area (Å²) in [6, 6.07) is 0. The van der Waals surface area contributed by atoms with Crippen LogP contribution < -0.4 is 5.32 Å². The quantitative estimate of drug-likeness (QED) is 0.722. The molecule has 0 bridgehead atoms. The highest BCUT2D eigenvalue weighted by molar-refractivity contribution is 5.20. The van der Waals surface area contributed by atoms with E-state index < -0.39 is 0 Å². The van der Waals surface area contributed by atoms with Crippen molar-refractivity contribution in [3.8, 4) is 0 Å². The lowest BCUT2D eigenvalue weighted by molar-refractivity contribution is 0.116. The van der Waals surface area contributed by atoms with Gasteiger partial charge in [-0.3, -0.25) is 0 Å². The second-order valence-corrected chi connectivity index (χ2v) is 4.68. The highest BCUT2D eigenvalue weighted by Crippen LogP contribution is 2.16. The molecule has 1 heterocycles. The van der Waals surface area contributed by atoms with Crippen LogP contribution >= 0.6 is 0 Å². The van der Waals surface area contributed by atoms with E-state index >= 15 is 0 Å². The van der Waals surface area contributed by atoms with Crippen LogP contribution in [0.25, 0.3) is 0 Å². The first-order valence-electron chi connectivity index (χ1n) is 6.82. The second kappa shape index (κ2) is 8.16. The highest BCUT2D eigenvalue weighted by atomic mass is 16.5. The molecule has 0 aromatic carbocycles. The predicted molar refractivity (Wildman–Crippen MR) is 73.4 cm³/mol. The van der Waals surface area contributed by atoms with Gasteiger partial charge >= 0.3 is 0 Å². The Balaban J connectivity index is 2.75. The summed E-state index contributed by atoms with van der Waals surface area (Å²) in [7, 11) is 0. The molecular formula is C14H25N3O. The van der Waals surface area contributed by atoms with E-state index in [0.29, 0.717) is 12.5 Å². The average molecular weight is 251 g/mol. The van der Waals surface area contributed by atoms with Crippen molar-refractivity contribution >= 4 is 0 Å². The van der Waals surface area contributed by atoms with Gasteiger partial charge in [0.25, 0.3) is 0 Å². The van der Waals surface area contributed by atoms with E-state index in [-0.39, 0.29) is 0 Å². The zero-order valence-corrected chi connectivity index (χ0v) is 12.0. The number of nitrogens with one attached hydrogen (secondary N) is 1. The summed E-state index contributed by atoms with van der Waals surface area (Å²) >= 11 is 0. The van der Waals surface area contributed by atoms with Crippen molar-refractivity contribution < 1.29 is 4.74 Å². The van der Waals surface area contributed by atoms with Gasteiger partial charge in [0.15, 0.2) is 5.82 Å². The molecule has 102 valence electrons. The van der Waals surface area contributed by atoms with E-state index in [1.807, 2.05) is 6.20 Å². The minimum atomic E-state index is 0.409. The molecule has 0 radical (unpaired) electrons. The molecule has 0 aliphatic carbocycles. The Morgan fingerprint density at radius 2 is 2.11 bits per heavy atom. The Bertz CT molecular complexity index is 353. The Morgan fingerprint density at radius 1 is 1.33 bits per heavy atom. The van der Waals surface area contributed by atoms with Crippen molar-refractivity contribution in [1.82, 2.24) is 15.3 Å². The van der Waals surface area contributed by atoms with E-state index in [1.165, 1.54) is 5.56 Å². The lowest BCUT2D eigenvalue weighted by Crippen LogP contribution is -2.16. The van der Waals surface area contributed by atoms with Crippen LogP contribution in [0.1, 0.15) is 57.1 Å².